The summed E-state index contributed by atoms with van der Waals surface area (Å²) < 4.78 is 38.1. The number of carbonyl (C=O) groups is 2. The third kappa shape index (κ3) is 5.41. The smallest absolute Gasteiger partial charge is 0.326 e. The van der Waals surface area contributed by atoms with Crippen molar-refractivity contribution in [1.82, 2.24) is 10.3 Å². The molecule has 2 N–H and O–H groups in total. The molecule has 3 aromatic rings. The molecule has 3 amide bonds. The molecular weight excluding hydrogens is 459 g/mol. The first-order valence-corrected chi connectivity index (χ1v) is 10.8. The third-order valence-electron chi connectivity index (χ3n) is 5.62. The first-order chi connectivity index (χ1) is 16.8. The van der Waals surface area contributed by atoms with Crippen LogP contribution in [0.1, 0.15) is 24.1 Å². The van der Waals surface area contributed by atoms with E-state index in [1.807, 2.05) is 0 Å². The Morgan fingerprint density at radius 3 is 2.46 bits per heavy atom. The summed E-state index contributed by atoms with van der Waals surface area (Å²) in [6.45, 7) is 0.479. The molecule has 0 bridgehead atoms. The number of hydrogen-bond donors (Lipinski definition) is 2. The minimum Gasteiger partial charge on any atom is -0.326 e. The summed E-state index contributed by atoms with van der Waals surface area (Å²) in [7, 11) is 0. The van der Waals surface area contributed by atoms with E-state index < -0.39 is 23.8 Å². The van der Waals surface area contributed by atoms with Gasteiger partial charge in [-0.2, -0.15) is 18.4 Å². The summed E-state index contributed by atoms with van der Waals surface area (Å²) in [5, 5.41) is 14.3. The maximum atomic E-state index is 13.0. The van der Waals surface area contributed by atoms with E-state index in [-0.39, 0.29) is 11.6 Å². The number of urea groups is 1. The van der Waals surface area contributed by atoms with E-state index >= 15 is 0 Å². The predicted octanol–water partition coefficient (Wildman–Crippen LogP) is 4.96. The summed E-state index contributed by atoms with van der Waals surface area (Å²) in [5.41, 5.74) is 1.78. The van der Waals surface area contributed by atoms with E-state index in [1.165, 1.54) is 0 Å². The normalized spacial score (nSPS) is 15.9. The average molecular weight is 479 g/mol. The highest BCUT2D eigenvalue weighted by Crippen LogP contribution is 2.30. The van der Waals surface area contributed by atoms with Crippen LogP contribution in [0.3, 0.4) is 0 Å². The second kappa shape index (κ2) is 9.85. The molecule has 10 heteroatoms. The van der Waals surface area contributed by atoms with Crippen molar-refractivity contribution in [3.8, 4) is 17.2 Å². The third-order valence-corrected chi connectivity index (χ3v) is 5.62. The van der Waals surface area contributed by atoms with Gasteiger partial charge in [-0.3, -0.25) is 4.79 Å². The summed E-state index contributed by atoms with van der Waals surface area (Å²) >= 11 is 0. The Bertz CT molecular complexity index is 1270. The summed E-state index contributed by atoms with van der Waals surface area (Å²) in [4.78, 5) is 31.0. The first-order valence-electron chi connectivity index (χ1n) is 10.8. The Morgan fingerprint density at radius 1 is 1.09 bits per heavy atom. The Hall–Kier alpha value is -4.39. The lowest BCUT2D eigenvalue weighted by molar-refractivity contribution is -0.137. The largest absolute Gasteiger partial charge is 0.416 e. The number of hydrogen-bond acceptors (Lipinski definition) is 4. The topological polar surface area (TPSA) is 98.1 Å². The van der Waals surface area contributed by atoms with Crippen LogP contribution in [0.5, 0.6) is 0 Å². The van der Waals surface area contributed by atoms with Gasteiger partial charge in [0.15, 0.2) is 0 Å². The summed E-state index contributed by atoms with van der Waals surface area (Å²) in [5.74, 6) is -0.286. The quantitative estimate of drug-likeness (QED) is 0.553. The molecular formula is C25H20F3N5O2. The van der Waals surface area contributed by atoms with E-state index in [0.717, 1.165) is 29.8 Å². The van der Waals surface area contributed by atoms with Crippen molar-refractivity contribution in [2.45, 2.75) is 25.1 Å². The van der Waals surface area contributed by atoms with Crippen molar-refractivity contribution < 1.29 is 22.8 Å². The lowest BCUT2D eigenvalue weighted by Gasteiger charge is -2.32. The maximum Gasteiger partial charge on any atom is 0.416 e. The lowest BCUT2D eigenvalue weighted by atomic mass is 10.0. The number of nitriles is 1. The molecule has 2 heterocycles. The first kappa shape index (κ1) is 23.8. The van der Waals surface area contributed by atoms with Crippen LogP contribution in [0.25, 0.3) is 11.1 Å². The van der Waals surface area contributed by atoms with Crippen molar-refractivity contribution in [3.63, 3.8) is 0 Å². The van der Waals surface area contributed by atoms with Gasteiger partial charge in [0.2, 0.25) is 5.91 Å². The molecule has 1 aromatic heterocycles. The molecule has 1 saturated heterocycles. The molecule has 1 aliphatic heterocycles. The second-order valence-corrected chi connectivity index (χ2v) is 7.92. The molecule has 1 aliphatic rings. The van der Waals surface area contributed by atoms with E-state index in [9.17, 15) is 28.0 Å². The molecule has 2 aromatic carbocycles. The highest BCUT2D eigenvalue weighted by Gasteiger charge is 2.32. The zero-order valence-electron chi connectivity index (χ0n) is 18.3. The van der Waals surface area contributed by atoms with Crippen LogP contribution in [-0.4, -0.2) is 29.5 Å². The summed E-state index contributed by atoms with van der Waals surface area (Å²) in [6, 6.07) is 15.3. The van der Waals surface area contributed by atoms with Gasteiger partial charge >= 0.3 is 12.2 Å². The van der Waals surface area contributed by atoms with Gasteiger partial charge in [0.25, 0.3) is 0 Å². The number of benzene rings is 2. The number of halogens is 3. The van der Waals surface area contributed by atoms with Crippen LogP contribution in [0.4, 0.5) is 29.3 Å². The molecule has 1 atom stereocenters. The van der Waals surface area contributed by atoms with Gasteiger partial charge in [-0.15, -0.1) is 0 Å². The number of aromatic nitrogens is 1. The fourth-order valence-corrected chi connectivity index (χ4v) is 3.88. The molecule has 35 heavy (non-hydrogen) atoms. The van der Waals surface area contributed by atoms with Crippen LogP contribution in [-0.2, 0) is 11.0 Å². The standard InChI is InChI=1S/C25H20F3N5O2/c26-25(27,28)17-7-9-18(10-8-17)31-24(35)32-21-4-2-14-33(23(21)34)19-11-5-16(6-12-19)20-3-1-13-30-22(20)15-29/h1,3,5-13,21H,2,4,14H2,(H2,31,32,35)/t21-/m1/s1. The molecule has 0 spiro atoms. The van der Waals surface area contributed by atoms with E-state index in [2.05, 4.69) is 21.7 Å². The molecule has 7 nitrogen and oxygen atoms in total. The number of piperidine rings is 1. The van der Waals surface area contributed by atoms with E-state index in [0.29, 0.717) is 36.3 Å². The number of alkyl halides is 3. The fraction of sp³-hybridized carbons (Fsp3) is 0.200. The molecule has 0 radical (unpaired) electrons. The van der Waals surface area contributed by atoms with E-state index in [4.69, 9.17) is 0 Å². The Labute approximate surface area is 199 Å². The molecule has 178 valence electrons. The van der Waals surface area contributed by atoms with Crippen LogP contribution in [0.15, 0.2) is 66.9 Å². The molecule has 4 rings (SSSR count). The minimum absolute atomic E-state index is 0.179. The number of carbonyl (C=O) groups excluding carboxylic acids is 2. The monoisotopic (exact) mass is 479 g/mol. The highest BCUT2D eigenvalue weighted by molar-refractivity contribution is 6.01. The van der Waals surface area contributed by atoms with Crippen molar-refractivity contribution in [1.29, 1.82) is 5.26 Å². The molecule has 0 aliphatic carbocycles. The van der Waals surface area contributed by atoms with Crippen LogP contribution < -0.4 is 15.5 Å². The predicted molar refractivity (Wildman–Crippen MR) is 123 cm³/mol. The molecule has 1 fully saturated rings. The number of anilines is 2. The van der Waals surface area contributed by atoms with Crippen molar-refractivity contribution in [2.24, 2.45) is 0 Å². The molecule has 0 unspecified atom stereocenters. The van der Waals surface area contributed by atoms with Gasteiger partial charge in [0.1, 0.15) is 17.8 Å². The fourth-order valence-electron chi connectivity index (χ4n) is 3.88. The highest BCUT2D eigenvalue weighted by atomic mass is 19.4. The number of nitrogens with one attached hydrogen (secondary N) is 2. The number of pyridine rings is 1. The molecule has 0 saturated carbocycles. The Kier molecular flexibility index (Phi) is 6.68. The number of amides is 3. The van der Waals surface area contributed by atoms with Crippen LogP contribution in [0.2, 0.25) is 0 Å². The SMILES string of the molecule is N#Cc1ncccc1-c1ccc(N2CCC[C@@H](NC(=O)Nc3ccc(C(F)(F)F)cc3)C2=O)cc1. The van der Waals surface area contributed by atoms with Gasteiger partial charge in [-0.1, -0.05) is 12.1 Å². The van der Waals surface area contributed by atoms with Gasteiger partial charge in [-0.25, -0.2) is 9.78 Å². The zero-order valence-corrected chi connectivity index (χ0v) is 18.3. The Balaban J connectivity index is 1.41. The van der Waals surface area contributed by atoms with Crippen molar-refractivity contribution in [3.05, 3.63) is 78.1 Å². The average Bonchev–Trinajstić information content (AvgIpc) is 2.85. The van der Waals surface area contributed by atoms with Gasteiger partial charge in [0.05, 0.1) is 5.56 Å². The van der Waals surface area contributed by atoms with Crippen LogP contribution in [0, 0.1) is 11.3 Å². The minimum atomic E-state index is -4.47. The maximum absolute atomic E-state index is 13.0. The van der Waals surface area contributed by atoms with Gasteiger partial charge < -0.3 is 15.5 Å². The Morgan fingerprint density at radius 2 is 1.80 bits per heavy atom. The van der Waals surface area contributed by atoms with Crippen molar-refractivity contribution >= 4 is 23.3 Å². The number of rotatable bonds is 4. The number of nitrogens with zero attached hydrogens (tertiary/aromatic N) is 3. The lowest BCUT2D eigenvalue weighted by Crippen LogP contribution is -2.53. The second-order valence-electron chi connectivity index (χ2n) is 7.92. The van der Waals surface area contributed by atoms with Gasteiger partial charge in [-0.05, 0) is 66.9 Å². The van der Waals surface area contributed by atoms with E-state index in [1.54, 1.807) is 47.5 Å². The van der Waals surface area contributed by atoms with Gasteiger partial charge in [0, 0.05) is 29.7 Å². The summed E-state index contributed by atoms with van der Waals surface area (Å²) in [6.07, 6.45) is -1.83. The zero-order chi connectivity index (χ0) is 25.0. The van der Waals surface area contributed by atoms with Crippen molar-refractivity contribution in [2.75, 3.05) is 16.8 Å². The van der Waals surface area contributed by atoms with Crippen LogP contribution >= 0.6 is 0 Å².